The Morgan fingerprint density at radius 1 is 1.17 bits per heavy atom. The molecule has 3 aliphatic rings. The van der Waals surface area contributed by atoms with E-state index in [0.29, 0.717) is 5.54 Å². The summed E-state index contributed by atoms with van der Waals surface area (Å²) in [5.41, 5.74) is 3.72. The summed E-state index contributed by atoms with van der Waals surface area (Å²) >= 11 is 0. The summed E-state index contributed by atoms with van der Waals surface area (Å²) in [4.78, 5) is 0. The van der Waals surface area contributed by atoms with E-state index in [2.05, 4.69) is 55.5 Å². The topological polar surface area (TPSA) is 0 Å². The first kappa shape index (κ1) is 23.1. The van der Waals surface area contributed by atoms with Gasteiger partial charge in [0, 0.05) is 8.07 Å². The molecular formula is C19H22Cl2HfSi. The van der Waals surface area contributed by atoms with E-state index in [4.69, 9.17) is 0 Å². The fraction of sp³-hybridized carbons (Fsp3) is 0.368. The molecule has 1 aliphatic heterocycles. The van der Waals surface area contributed by atoms with Gasteiger partial charge in [0.2, 0.25) is 0 Å². The molecule has 1 unspecified atom stereocenters. The third-order valence-corrected chi connectivity index (χ3v) is 10.8. The van der Waals surface area contributed by atoms with Gasteiger partial charge in [-0.1, -0.05) is 55.2 Å². The molecule has 1 aromatic rings. The number of benzene rings is 1. The summed E-state index contributed by atoms with van der Waals surface area (Å²) in [6.07, 6.45) is 17.4. The Hall–Kier alpha value is 0.107. The average Bonchev–Trinajstić information content (AvgIpc) is 3.11. The Bertz CT molecular complexity index is 547. The van der Waals surface area contributed by atoms with E-state index in [1.54, 1.807) is 5.56 Å². The van der Waals surface area contributed by atoms with Crippen molar-refractivity contribution >= 4 is 14.1 Å². The van der Waals surface area contributed by atoms with Crippen LogP contribution in [0.3, 0.4) is 0 Å². The zero-order chi connectivity index (χ0) is 13.8. The van der Waals surface area contributed by atoms with Crippen molar-refractivity contribution in [2.45, 2.75) is 43.4 Å². The molecule has 1 saturated heterocycles. The molecule has 0 spiro atoms. The minimum absolute atomic E-state index is 0. The van der Waals surface area contributed by atoms with Crippen molar-refractivity contribution < 1.29 is 50.7 Å². The average molecular weight is 528 g/mol. The van der Waals surface area contributed by atoms with Gasteiger partial charge in [0.05, 0.1) is 0 Å². The predicted octanol–water partition coefficient (Wildman–Crippen LogP) is -0.677. The number of hydrogen-bond donors (Lipinski definition) is 0. The third-order valence-electron chi connectivity index (χ3n) is 4.96. The molecule has 0 radical (unpaired) electrons. The standard InChI is InChI=1S/C14H17Si.C5H5.2ClH.Hf/c1-2-15(10-5-11-15)14-9-8-12-6-3-4-7-13(12)14;1-2-4-5-3-1;;;/h3-4,6-8,14H,2,5,10-11H2,1H3;1-3H,4H2;2*1H;/q2*-1;;;+4/p-2. The van der Waals surface area contributed by atoms with Gasteiger partial charge in [-0.05, 0) is 0 Å². The van der Waals surface area contributed by atoms with Crippen molar-refractivity contribution in [3.05, 3.63) is 65.8 Å². The van der Waals surface area contributed by atoms with E-state index in [0.717, 1.165) is 6.42 Å². The second kappa shape index (κ2) is 10.9. The SMILES string of the molecule is CC[Si]1(C2[C-]=Cc3ccccc32)CCC1.[C-]1=CC=CC1.[Cl-].[Cl-].[Hf+4]. The Balaban J connectivity index is 0.000000529. The molecular weight excluding hydrogens is 506 g/mol. The van der Waals surface area contributed by atoms with Gasteiger partial charge >= 0.3 is 25.8 Å². The van der Waals surface area contributed by atoms with Crippen molar-refractivity contribution in [1.29, 1.82) is 0 Å². The monoisotopic (exact) mass is 528 g/mol. The maximum Gasteiger partial charge on any atom is 4.00 e. The van der Waals surface area contributed by atoms with E-state index in [1.165, 1.54) is 30.1 Å². The quantitative estimate of drug-likeness (QED) is 0.353. The summed E-state index contributed by atoms with van der Waals surface area (Å²) in [7, 11) is -0.977. The van der Waals surface area contributed by atoms with E-state index in [-0.39, 0.29) is 50.7 Å². The minimum Gasteiger partial charge on any atom is -1.00 e. The van der Waals surface area contributed by atoms with Crippen molar-refractivity contribution in [1.82, 2.24) is 0 Å². The van der Waals surface area contributed by atoms with Crippen LogP contribution in [0.15, 0.2) is 42.5 Å². The van der Waals surface area contributed by atoms with E-state index < -0.39 is 8.07 Å². The van der Waals surface area contributed by atoms with Crippen LogP contribution in [-0.4, -0.2) is 8.07 Å². The van der Waals surface area contributed by atoms with E-state index in [1.807, 2.05) is 12.2 Å². The van der Waals surface area contributed by atoms with E-state index in [9.17, 15) is 0 Å². The van der Waals surface area contributed by atoms with Crippen LogP contribution in [0.2, 0.25) is 18.1 Å². The Labute approximate surface area is 173 Å². The van der Waals surface area contributed by atoms with Crippen LogP contribution in [0.5, 0.6) is 0 Å². The maximum atomic E-state index is 3.65. The largest absolute Gasteiger partial charge is 4.00 e. The first-order valence-electron chi connectivity index (χ1n) is 7.76. The number of allylic oxidation sites excluding steroid dienone is 5. The zero-order valence-electron chi connectivity index (χ0n) is 13.5. The molecule has 4 heteroatoms. The molecule has 120 valence electrons. The van der Waals surface area contributed by atoms with Crippen LogP contribution in [0.25, 0.3) is 6.08 Å². The van der Waals surface area contributed by atoms with Crippen molar-refractivity contribution in [3.63, 3.8) is 0 Å². The maximum absolute atomic E-state index is 3.65. The van der Waals surface area contributed by atoms with Crippen LogP contribution in [0.4, 0.5) is 0 Å². The fourth-order valence-electron chi connectivity index (χ4n) is 3.49. The fourth-order valence-corrected chi connectivity index (χ4v) is 7.81. The number of rotatable bonds is 2. The second-order valence-corrected chi connectivity index (χ2v) is 11.0. The molecule has 0 aromatic heterocycles. The smallest absolute Gasteiger partial charge is 1.00 e. The minimum atomic E-state index is -0.977. The summed E-state index contributed by atoms with van der Waals surface area (Å²) in [5.74, 6) is 0. The molecule has 1 atom stereocenters. The molecule has 1 fully saturated rings. The van der Waals surface area contributed by atoms with Gasteiger partial charge in [-0.25, -0.2) is 18.2 Å². The van der Waals surface area contributed by atoms with Crippen LogP contribution < -0.4 is 24.8 Å². The summed E-state index contributed by atoms with van der Waals surface area (Å²) in [6.45, 7) is 2.40. The Kier molecular flexibility index (Phi) is 10.9. The first-order valence-corrected chi connectivity index (χ1v) is 10.5. The normalized spacial score (nSPS) is 20.8. The molecule has 23 heavy (non-hydrogen) atoms. The van der Waals surface area contributed by atoms with Gasteiger partial charge in [-0.2, -0.15) is 11.6 Å². The number of halogens is 2. The van der Waals surface area contributed by atoms with Gasteiger partial charge in [0.1, 0.15) is 0 Å². The van der Waals surface area contributed by atoms with Crippen molar-refractivity contribution in [3.8, 4) is 0 Å². The molecule has 0 saturated carbocycles. The van der Waals surface area contributed by atoms with Gasteiger partial charge < -0.3 is 24.8 Å². The summed E-state index contributed by atoms with van der Waals surface area (Å²) < 4.78 is 0. The first-order chi connectivity index (χ1) is 9.86. The van der Waals surface area contributed by atoms with Crippen molar-refractivity contribution in [2.24, 2.45) is 0 Å². The molecule has 0 amide bonds. The third kappa shape index (κ3) is 5.04. The van der Waals surface area contributed by atoms with Crippen molar-refractivity contribution in [2.75, 3.05) is 0 Å². The van der Waals surface area contributed by atoms with E-state index >= 15 is 0 Å². The summed E-state index contributed by atoms with van der Waals surface area (Å²) in [6, 6.07) is 13.4. The van der Waals surface area contributed by atoms with Crippen LogP contribution >= 0.6 is 0 Å². The molecule has 4 rings (SSSR count). The summed E-state index contributed by atoms with van der Waals surface area (Å²) in [5, 5.41) is 0. The van der Waals surface area contributed by atoms with Gasteiger partial charge in [-0.15, -0.1) is 18.1 Å². The zero-order valence-corrected chi connectivity index (χ0v) is 19.6. The van der Waals surface area contributed by atoms with Gasteiger partial charge in [-0.3, -0.25) is 12.2 Å². The Morgan fingerprint density at radius 3 is 2.39 bits per heavy atom. The molecule has 0 nitrogen and oxygen atoms in total. The van der Waals surface area contributed by atoms with Crippen LogP contribution in [-0.2, 0) is 25.8 Å². The predicted molar refractivity (Wildman–Crippen MR) is 88.9 cm³/mol. The molecule has 0 N–H and O–H groups in total. The molecule has 1 heterocycles. The Morgan fingerprint density at radius 2 is 1.91 bits per heavy atom. The molecule has 2 aliphatic carbocycles. The number of fused-ring (bicyclic) bond motifs is 1. The number of hydrogen-bond acceptors (Lipinski definition) is 0. The van der Waals surface area contributed by atoms with Gasteiger partial charge in [0.25, 0.3) is 0 Å². The second-order valence-electron chi connectivity index (χ2n) is 5.95. The van der Waals surface area contributed by atoms with Crippen LogP contribution in [0.1, 0.15) is 36.4 Å². The van der Waals surface area contributed by atoms with Crippen LogP contribution in [0, 0.1) is 12.2 Å². The van der Waals surface area contributed by atoms with Gasteiger partial charge in [0.15, 0.2) is 0 Å². The molecule has 0 bridgehead atoms. The molecule has 1 aromatic carbocycles.